The quantitative estimate of drug-likeness (QED) is 0.143. The zero-order chi connectivity index (χ0) is 26.2. The number of rotatable bonds is 10. The highest BCUT2D eigenvalue weighted by atomic mass is 79.9. The smallest absolute Gasteiger partial charge is 0.253 e. The minimum absolute atomic E-state index is 0.224. The molecule has 1 amide bonds. The largest absolute Gasteiger partial charge is 0.495 e. The molecule has 0 aliphatic rings. The number of hydrogen-bond acceptors (Lipinski definition) is 7. The Hall–Kier alpha value is -3.63. The lowest BCUT2D eigenvalue weighted by molar-refractivity contribution is -0.120. The maximum atomic E-state index is 12.8. The number of amides is 1. The van der Waals surface area contributed by atoms with E-state index in [9.17, 15) is 4.79 Å². The van der Waals surface area contributed by atoms with Crippen molar-refractivity contribution in [3.63, 3.8) is 0 Å². The molecule has 0 saturated heterocycles. The topological polar surface area (TPSA) is 93.4 Å². The van der Waals surface area contributed by atoms with Gasteiger partial charge in [0.2, 0.25) is 0 Å². The van der Waals surface area contributed by atoms with Crippen LogP contribution in [0.5, 0.6) is 5.75 Å². The maximum absolute atomic E-state index is 12.8. The van der Waals surface area contributed by atoms with Crippen LogP contribution < -0.4 is 15.5 Å². The number of para-hydroxylation sites is 3. The Morgan fingerprint density at radius 2 is 1.76 bits per heavy atom. The highest BCUT2D eigenvalue weighted by molar-refractivity contribution is 9.10. The molecule has 0 fully saturated rings. The highest BCUT2D eigenvalue weighted by Crippen LogP contribution is 2.28. The van der Waals surface area contributed by atoms with Gasteiger partial charge < -0.3 is 10.1 Å². The van der Waals surface area contributed by atoms with E-state index < -0.39 is 5.25 Å². The van der Waals surface area contributed by atoms with E-state index in [1.807, 2.05) is 97.3 Å². The number of methoxy groups -OCH3 is 1. The van der Waals surface area contributed by atoms with Crippen molar-refractivity contribution in [2.24, 2.45) is 5.10 Å². The number of anilines is 1. The van der Waals surface area contributed by atoms with E-state index in [0.717, 1.165) is 32.9 Å². The van der Waals surface area contributed by atoms with Crippen molar-refractivity contribution in [1.29, 1.82) is 0 Å². The van der Waals surface area contributed by atoms with Crippen molar-refractivity contribution in [2.75, 3.05) is 12.4 Å². The van der Waals surface area contributed by atoms with Crippen molar-refractivity contribution >= 4 is 45.0 Å². The predicted molar refractivity (Wildman–Crippen MR) is 151 cm³/mol. The molecule has 0 spiro atoms. The first-order chi connectivity index (χ1) is 18.0. The summed E-state index contributed by atoms with van der Waals surface area (Å²) in [4.78, 5) is 12.8. The van der Waals surface area contributed by atoms with Gasteiger partial charge in [0.15, 0.2) is 11.0 Å². The number of nitrogens with zero attached hydrogens (tertiary/aromatic N) is 4. The normalized spacial score (nSPS) is 12.2. The second-order valence-electron chi connectivity index (χ2n) is 8.06. The third-order valence-electron chi connectivity index (χ3n) is 5.51. The van der Waals surface area contributed by atoms with E-state index in [1.165, 1.54) is 11.8 Å². The summed E-state index contributed by atoms with van der Waals surface area (Å²) in [5, 5.41) is 16.6. The number of aromatic nitrogens is 3. The molecule has 8 nitrogen and oxygen atoms in total. The minimum Gasteiger partial charge on any atom is -0.495 e. The van der Waals surface area contributed by atoms with Gasteiger partial charge >= 0.3 is 0 Å². The van der Waals surface area contributed by atoms with Gasteiger partial charge in [-0.2, -0.15) is 5.10 Å². The number of hydrogen-bond donors (Lipinski definition) is 2. The Morgan fingerprint density at radius 3 is 2.49 bits per heavy atom. The molecule has 0 radical (unpaired) electrons. The molecule has 37 heavy (non-hydrogen) atoms. The highest BCUT2D eigenvalue weighted by Gasteiger charge is 2.21. The minimum atomic E-state index is -0.455. The Labute approximate surface area is 228 Å². The second kappa shape index (κ2) is 12.6. The Bertz CT molecular complexity index is 1380. The lowest BCUT2D eigenvalue weighted by atomic mass is 10.1. The summed E-state index contributed by atoms with van der Waals surface area (Å²) in [6.07, 6.45) is 0. The number of halogens is 1. The molecule has 1 unspecified atom stereocenters. The SMILES string of the molecule is COc1ccccc1NCc1nnc(SC(C)C(=O)N/N=C(\C)c2ccc(Br)cc2)n1-c1ccccc1. The summed E-state index contributed by atoms with van der Waals surface area (Å²) in [6.45, 7) is 4.09. The van der Waals surface area contributed by atoms with Crippen LogP contribution in [-0.4, -0.2) is 38.7 Å². The van der Waals surface area contributed by atoms with E-state index in [1.54, 1.807) is 7.11 Å². The van der Waals surface area contributed by atoms with Crippen LogP contribution in [-0.2, 0) is 11.3 Å². The summed E-state index contributed by atoms with van der Waals surface area (Å²) >= 11 is 4.75. The Kier molecular flexibility index (Phi) is 8.97. The van der Waals surface area contributed by atoms with Gasteiger partial charge in [-0.25, -0.2) is 5.43 Å². The molecular formula is C27H27BrN6O2S. The fourth-order valence-electron chi connectivity index (χ4n) is 3.49. The van der Waals surface area contributed by atoms with Crippen LogP contribution in [0.2, 0.25) is 0 Å². The van der Waals surface area contributed by atoms with Crippen LogP contribution in [0.25, 0.3) is 5.69 Å². The van der Waals surface area contributed by atoms with Gasteiger partial charge in [0.1, 0.15) is 5.75 Å². The zero-order valence-corrected chi connectivity index (χ0v) is 23.1. The summed E-state index contributed by atoms with van der Waals surface area (Å²) in [6, 6.07) is 25.3. The van der Waals surface area contributed by atoms with Crippen LogP contribution in [0, 0.1) is 0 Å². The van der Waals surface area contributed by atoms with Crippen LogP contribution in [0.15, 0.2) is 93.6 Å². The number of benzene rings is 3. The van der Waals surface area contributed by atoms with Crippen molar-refractivity contribution < 1.29 is 9.53 Å². The van der Waals surface area contributed by atoms with Crippen molar-refractivity contribution in [3.05, 3.63) is 94.7 Å². The maximum Gasteiger partial charge on any atom is 0.253 e. The summed E-state index contributed by atoms with van der Waals surface area (Å²) < 4.78 is 8.38. The standard InChI is InChI=1S/C27H27BrN6O2S/c1-18(20-13-15-21(28)16-14-20)30-32-26(35)19(2)37-27-33-31-25(34(27)22-9-5-4-6-10-22)17-29-23-11-7-8-12-24(23)36-3/h4-16,19,29H,17H2,1-3H3,(H,32,35)/b30-18+. The van der Waals surface area contributed by atoms with Crippen LogP contribution >= 0.6 is 27.7 Å². The first-order valence-corrected chi connectivity index (χ1v) is 13.3. The fourth-order valence-corrected chi connectivity index (χ4v) is 4.63. The molecule has 1 atom stereocenters. The molecule has 10 heteroatoms. The first-order valence-electron chi connectivity index (χ1n) is 11.6. The number of ether oxygens (including phenoxy) is 1. The van der Waals surface area contributed by atoms with E-state index in [0.29, 0.717) is 17.5 Å². The molecule has 4 aromatic rings. The first kappa shape index (κ1) is 26.4. The molecule has 190 valence electrons. The molecule has 1 aromatic heterocycles. The number of carbonyl (C=O) groups is 1. The third kappa shape index (κ3) is 6.78. The zero-order valence-electron chi connectivity index (χ0n) is 20.7. The lowest BCUT2D eigenvalue weighted by Crippen LogP contribution is -2.28. The molecule has 3 aromatic carbocycles. The van der Waals surface area contributed by atoms with Crippen LogP contribution in [0.1, 0.15) is 25.2 Å². The third-order valence-corrected chi connectivity index (χ3v) is 7.08. The molecule has 0 aliphatic heterocycles. The van der Waals surface area contributed by atoms with Gasteiger partial charge in [0, 0.05) is 10.2 Å². The molecule has 2 N–H and O–H groups in total. The summed E-state index contributed by atoms with van der Waals surface area (Å²) in [5.41, 5.74) is 6.08. The van der Waals surface area contributed by atoms with Gasteiger partial charge in [-0.15, -0.1) is 10.2 Å². The molecule has 4 rings (SSSR count). The van der Waals surface area contributed by atoms with Gasteiger partial charge in [0.25, 0.3) is 5.91 Å². The van der Waals surface area contributed by atoms with Gasteiger partial charge in [-0.05, 0) is 55.8 Å². The summed E-state index contributed by atoms with van der Waals surface area (Å²) in [5.74, 6) is 1.22. The van der Waals surface area contributed by atoms with Gasteiger partial charge in [-0.3, -0.25) is 9.36 Å². The van der Waals surface area contributed by atoms with Crippen molar-refractivity contribution in [1.82, 2.24) is 20.2 Å². The number of thioether (sulfide) groups is 1. The Morgan fingerprint density at radius 1 is 1.05 bits per heavy atom. The predicted octanol–water partition coefficient (Wildman–Crippen LogP) is 5.67. The monoisotopic (exact) mass is 578 g/mol. The summed E-state index contributed by atoms with van der Waals surface area (Å²) in [7, 11) is 1.64. The van der Waals surface area contributed by atoms with E-state index >= 15 is 0 Å². The van der Waals surface area contributed by atoms with Crippen molar-refractivity contribution in [2.45, 2.75) is 30.8 Å². The average molecular weight is 580 g/mol. The number of nitrogens with one attached hydrogen (secondary N) is 2. The molecular weight excluding hydrogens is 552 g/mol. The fraction of sp³-hybridized carbons (Fsp3) is 0.185. The molecule has 0 saturated carbocycles. The van der Waals surface area contributed by atoms with Gasteiger partial charge in [-0.1, -0.05) is 70.2 Å². The number of carbonyl (C=O) groups excluding carboxylic acids is 1. The van der Waals surface area contributed by atoms with E-state index in [4.69, 9.17) is 4.74 Å². The second-order valence-corrected chi connectivity index (χ2v) is 10.3. The van der Waals surface area contributed by atoms with Gasteiger partial charge in [0.05, 0.1) is 30.3 Å². The van der Waals surface area contributed by atoms with E-state index in [2.05, 4.69) is 42.0 Å². The van der Waals surface area contributed by atoms with E-state index in [-0.39, 0.29) is 5.91 Å². The van der Waals surface area contributed by atoms with Crippen LogP contribution in [0.3, 0.4) is 0 Å². The lowest BCUT2D eigenvalue weighted by Gasteiger charge is -2.14. The van der Waals surface area contributed by atoms with Crippen molar-refractivity contribution in [3.8, 4) is 11.4 Å². The number of hydrazone groups is 1. The average Bonchev–Trinajstić information content (AvgIpc) is 3.33. The molecule has 1 heterocycles. The molecule has 0 aliphatic carbocycles. The Balaban J connectivity index is 1.50. The molecule has 0 bridgehead atoms. The van der Waals surface area contributed by atoms with Crippen LogP contribution in [0.4, 0.5) is 5.69 Å².